The number of hydrogen-bond acceptors (Lipinski definition) is 6. The number of anilines is 1. The normalized spacial score (nSPS) is 10.9. The zero-order chi connectivity index (χ0) is 18.8. The zero-order valence-electron chi connectivity index (χ0n) is 14.8. The minimum atomic E-state index is -0.324. The SMILES string of the molecule is COc1cccc(F)c1CNc1ccc(-c2cnc(C)nc2)c2nncn12. The highest BCUT2D eigenvalue weighted by Gasteiger charge is 2.13. The van der Waals surface area contributed by atoms with Crippen LogP contribution in [0.1, 0.15) is 11.4 Å². The van der Waals surface area contributed by atoms with Crippen LogP contribution in [0.5, 0.6) is 5.75 Å². The monoisotopic (exact) mass is 364 g/mol. The van der Waals surface area contributed by atoms with Gasteiger partial charge in [0.05, 0.1) is 7.11 Å². The van der Waals surface area contributed by atoms with Gasteiger partial charge in [-0.2, -0.15) is 0 Å². The average molecular weight is 364 g/mol. The van der Waals surface area contributed by atoms with E-state index >= 15 is 0 Å². The van der Waals surface area contributed by atoms with E-state index < -0.39 is 0 Å². The largest absolute Gasteiger partial charge is 0.496 e. The summed E-state index contributed by atoms with van der Waals surface area (Å²) in [5.41, 5.74) is 2.83. The molecule has 136 valence electrons. The summed E-state index contributed by atoms with van der Waals surface area (Å²) in [5, 5.41) is 11.4. The fourth-order valence-corrected chi connectivity index (χ4v) is 2.89. The van der Waals surface area contributed by atoms with Gasteiger partial charge in [-0.3, -0.25) is 4.40 Å². The third-order valence-electron chi connectivity index (χ3n) is 4.29. The van der Waals surface area contributed by atoms with E-state index in [1.807, 2.05) is 23.5 Å². The summed E-state index contributed by atoms with van der Waals surface area (Å²) in [4.78, 5) is 8.47. The van der Waals surface area contributed by atoms with Crippen LogP contribution < -0.4 is 10.1 Å². The molecule has 0 amide bonds. The van der Waals surface area contributed by atoms with Crippen LogP contribution in [0.25, 0.3) is 16.8 Å². The van der Waals surface area contributed by atoms with Crippen molar-refractivity contribution in [2.75, 3.05) is 12.4 Å². The standard InChI is InChI=1S/C19H17FN6O/c1-12-21-8-13(9-22-12)14-6-7-18(26-11-24-25-19(14)26)23-10-15-16(20)4-3-5-17(15)27-2/h3-9,11,23H,10H2,1-2H3. The molecule has 0 aliphatic carbocycles. The lowest BCUT2D eigenvalue weighted by molar-refractivity contribution is 0.405. The third-order valence-corrected chi connectivity index (χ3v) is 4.29. The van der Waals surface area contributed by atoms with Crippen molar-refractivity contribution < 1.29 is 9.13 Å². The van der Waals surface area contributed by atoms with Gasteiger partial charge in [0.15, 0.2) is 5.65 Å². The summed E-state index contributed by atoms with van der Waals surface area (Å²) < 4.78 is 21.2. The summed E-state index contributed by atoms with van der Waals surface area (Å²) in [6.45, 7) is 2.09. The van der Waals surface area contributed by atoms with Crippen LogP contribution in [0.2, 0.25) is 0 Å². The molecule has 0 spiro atoms. The fraction of sp³-hybridized carbons (Fsp3) is 0.158. The summed E-state index contributed by atoms with van der Waals surface area (Å²) in [6.07, 6.45) is 5.11. The number of aromatic nitrogens is 5. The third kappa shape index (κ3) is 3.17. The van der Waals surface area contributed by atoms with Gasteiger partial charge in [-0.1, -0.05) is 6.07 Å². The molecule has 0 aliphatic rings. The van der Waals surface area contributed by atoms with Crippen LogP contribution in [-0.2, 0) is 6.54 Å². The molecule has 1 N–H and O–H groups in total. The predicted molar refractivity (Wildman–Crippen MR) is 99.0 cm³/mol. The molecule has 3 heterocycles. The van der Waals surface area contributed by atoms with Crippen molar-refractivity contribution in [1.29, 1.82) is 0 Å². The number of fused-ring (bicyclic) bond motifs is 1. The molecule has 0 saturated heterocycles. The molecular formula is C19H17FN6O. The first-order chi connectivity index (χ1) is 13.2. The van der Waals surface area contributed by atoms with Gasteiger partial charge in [0.25, 0.3) is 0 Å². The summed E-state index contributed by atoms with van der Waals surface area (Å²) >= 11 is 0. The number of nitrogens with zero attached hydrogens (tertiary/aromatic N) is 5. The Labute approximate surface area is 154 Å². The molecule has 0 saturated carbocycles. The molecule has 4 aromatic rings. The van der Waals surface area contributed by atoms with Crippen LogP contribution in [0.15, 0.2) is 49.1 Å². The van der Waals surface area contributed by atoms with Gasteiger partial charge < -0.3 is 10.1 Å². The van der Waals surface area contributed by atoms with Crippen molar-refractivity contribution in [2.45, 2.75) is 13.5 Å². The lowest BCUT2D eigenvalue weighted by atomic mass is 10.1. The molecule has 0 unspecified atom stereocenters. The maximum atomic E-state index is 14.1. The molecule has 0 aliphatic heterocycles. The summed E-state index contributed by atoms with van der Waals surface area (Å²) in [5.74, 6) is 1.61. The molecule has 1 aromatic carbocycles. The number of ether oxygens (including phenoxy) is 1. The molecule has 3 aromatic heterocycles. The fourth-order valence-electron chi connectivity index (χ4n) is 2.89. The smallest absolute Gasteiger partial charge is 0.170 e. The molecule has 0 fully saturated rings. The Hall–Kier alpha value is -3.55. The van der Waals surface area contributed by atoms with Crippen LogP contribution in [0, 0.1) is 12.7 Å². The molecule has 7 nitrogen and oxygen atoms in total. The number of rotatable bonds is 5. The number of halogens is 1. The number of benzene rings is 1. The Morgan fingerprint density at radius 2 is 1.96 bits per heavy atom. The van der Waals surface area contributed by atoms with E-state index in [1.54, 1.807) is 30.9 Å². The molecule has 0 bridgehead atoms. The van der Waals surface area contributed by atoms with E-state index in [1.165, 1.54) is 13.2 Å². The maximum Gasteiger partial charge on any atom is 0.170 e. The number of methoxy groups -OCH3 is 1. The van der Waals surface area contributed by atoms with E-state index in [2.05, 4.69) is 25.5 Å². The quantitative estimate of drug-likeness (QED) is 0.586. The molecular weight excluding hydrogens is 347 g/mol. The number of hydrogen-bond donors (Lipinski definition) is 1. The van der Waals surface area contributed by atoms with Crippen LogP contribution >= 0.6 is 0 Å². The second-order valence-electron chi connectivity index (χ2n) is 5.95. The van der Waals surface area contributed by atoms with Crippen molar-refractivity contribution in [2.24, 2.45) is 0 Å². The lowest BCUT2D eigenvalue weighted by Gasteiger charge is -2.13. The van der Waals surface area contributed by atoms with Gasteiger partial charge in [0.1, 0.15) is 29.5 Å². The van der Waals surface area contributed by atoms with E-state index in [9.17, 15) is 4.39 Å². The van der Waals surface area contributed by atoms with Gasteiger partial charge in [0, 0.05) is 35.6 Å². The molecule has 27 heavy (non-hydrogen) atoms. The minimum absolute atomic E-state index is 0.260. The minimum Gasteiger partial charge on any atom is -0.496 e. The van der Waals surface area contributed by atoms with Gasteiger partial charge in [-0.05, 0) is 31.2 Å². The molecule has 0 atom stereocenters. The van der Waals surface area contributed by atoms with E-state index in [0.717, 1.165) is 16.9 Å². The van der Waals surface area contributed by atoms with Crippen LogP contribution in [-0.4, -0.2) is 31.7 Å². The average Bonchev–Trinajstić information content (AvgIpc) is 3.17. The van der Waals surface area contributed by atoms with Crippen molar-refractivity contribution in [3.8, 4) is 16.9 Å². The second kappa shape index (κ2) is 6.99. The first-order valence-corrected chi connectivity index (χ1v) is 8.34. The number of aryl methyl sites for hydroxylation is 1. The molecule has 8 heteroatoms. The van der Waals surface area contributed by atoms with Gasteiger partial charge >= 0.3 is 0 Å². The van der Waals surface area contributed by atoms with Crippen molar-refractivity contribution in [1.82, 2.24) is 24.6 Å². The first kappa shape index (κ1) is 16.9. The van der Waals surface area contributed by atoms with Gasteiger partial charge in [-0.15, -0.1) is 10.2 Å². The zero-order valence-corrected chi connectivity index (χ0v) is 14.8. The van der Waals surface area contributed by atoms with Crippen molar-refractivity contribution in [3.63, 3.8) is 0 Å². The summed E-state index contributed by atoms with van der Waals surface area (Å²) in [6, 6.07) is 8.56. The highest BCUT2D eigenvalue weighted by atomic mass is 19.1. The number of nitrogens with one attached hydrogen (secondary N) is 1. The van der Waals surface area contributed by atoms with Crippen molar-refractivity contribution >= 4 is 11.5 Å². The van der Waals surface area contributed by atoms with E-state index in [-0.39, 0.29) is 12.4 Å². The van der Waals surface area contributed by atoms with Crippen LogP contribution in [0.4, 0.5) is 10.2 Å². The second-order valence-corrected chi connectivity index (χ2v) is 5.95. The van der Waals surface area contributed by atoms with Gasteiger partial charge in [-0.25, -0.2) is 14.4 Å². The number of pyridine rings is 1. The van der Waals surface area contributed by atoms with Crippen LogP contribution in [0.3, 0.4) is 0 Å². The summed E-state index contributed by atoms with van der Waals surface area (Å²) in [7, 11) is 1.52. The Morgan fingerprint density at radius 3 is 2.74 bits per heavy atom. The molecule has 4 rings (SSSR count). The highest BCUT2D eigenvalue weighted by molar-refractivity contribution is 5.78. The van der Waals surface area contributed by atoms with E-state index in [4.69, 9.17) is 4.74 Å². The highest BCUT2D eigenvalue weighted by Crippen LogP contribution is 2.26. The lowest BCUT2D eigenvalue weighted by Crippen LogP contribution is -2.07. The van der Waals surface area contributed by atoms with Gasteiger partial charge in [0.2, 0.25) is 0 Å². The molecule has 0 radical (unpaired) electrons. The Balaban J connectivity index is 1.68. The van der Waals surface area contributed by atoms with E-state index in [0.29, 0.717) is 22.8 Å². The first-order valence-electron chi connectivity index (χ1n) is 8.34. The Kier molecular flexibility index (Phi) is 4.37. The predicted octanol–water partition coefficient (Wildman–Crippen LogP) is 3.25. The van der Waals surface area contributed by atoms with Crippen molar-refractivity contribution in [3.05, 3.63) is 66.3 Å². The Morgan fingerprint density at radius 1 is 1.15 bits per heavy atom. The maximum absolute atomic E-state index is 14.1. The topological polar surface area (TPSA) is 77.2 Å². The Bertz CT molecular complexity index is 1090.